The van der Waals surface area contributed by atoms with E-state index in [4.69, 9.17) is 4.74 Å². The zero-order valence-electron chi connectivity index (χ0n) is 9.68. The molecule has 0 aliphatic carbocycles. The topological polar surface area (TPSA) is 146 Å². The van der Waals surface area contributed by atoms with Crippen molar-refractivity contribution < 1.29 is 37.8 Å². The number of hydrogen-bond donors (Lipinski definition) is 5. The molecule has 1 aliphatic rings. The van der Waals surface area contributed by atoms with E-state index in [2.05, 4.69) is 4.18 Å². The molecule has 1 unspecified atom stereocenters. The molecule has 1 heterocycles. The predicted octanol–water partition coefficient (Wildman–Crippen LogP) is -3.34. The van der Waals surface area contributed by atoms with Crippen LogP contribution in [-0.4, -0.2) is 72.7 Å². The summed E-state index contributed by atoms with van der Waals surface area (Å²) in [6.07, 6.45) is -4.92. The highest BCUT2D eigenvalue weighted by molar-refractivity contribution is 7.84. The van der Waals surface area contributed by atoms with Crippen molar-refractivity contribution in [3.63, 3.8) is 0 Å². The maximum Gasteiger partial charge on any atom is 0.336 e. The zero-order chi connectivity index (χ0) is 14.0. The first-order valence-corrected chi connectivity index (χ1v) is 6.67. The molecule has 4 atom stereocenters. The van der Waals surface area contributed by atoms with Crippen molar-refractivity contribution in [3.8, 4) is 0 Å². The molecule has 1 aliphatic heterocycles. The van der Waals surface area contributed by atoms with Crippen LogP contribution >= 0.6 is 0 Å². The van der Waals surface area contributed by atoms with E-state index in [0.717, 1.165) is 0 Å². The van der Waals surface area contributed by atoms with Gasteiger partial charge in [0.05, 0.1) is 6.61 Å². The monoisotopic (exact) mass is 287 g/mol. The Kier molecular flexibility index (Phi) is 5.03. The summed E-state index contributed by atoms with van der Waals surface area (Å²) in [4.78, 5) is 0. The molecule has 0 aromatic rings. The summed E-state index contributed by atoms with van der Waals surface area (Å²) in [6, 6.07) is 0. The molecular weight excluding hydrogens is 270 g/mol. The van der Waals surface area contributed by atoms with Crippen LogP contribution in [0.4, 0.5) is 0 Å². The SMILES string of the molecule is CCNS(=O)(=O)OCC1(O)OC[C@@H](O)[C@@H](O)[C@@H]1O. The number of hydrogen-bond acceptors (Lipinski definition) is 8. The summed E-state index contributed by atoms with van der Waals surface area (Å²) in [7, 11) is -4.07. The summed E-state index contributed by atoms with van der Waals surface area (Å²) in [5.41, 5.74) is 0. The molecule has 1 saturated heterocycles. The lowest BCUT2D eigenvalue weighted by Gasteiger charge is -2.40. The fourth-order valence-electron chi connectivity index (χ4n) is 1.40. The molecule has 1 rings (SSSR count). The van der Waals surface area contributed by atoms with Gasteiger partial charge in [-0.15, -0.1) is 0 Å². The average Bonchev–Trinajstić information content (AvgIpc) is 2.30. The summed E-state index contributed by atoms with van der Waals surface area (Å²) < 4.78 is 33.5. The summed E-state index contributed by atoms with van der Waals surface area (Å²) in [6.45, 7) is 0.250. The lowest BCUT2D eigenvalue weighted by molar-refractivity contribution is -0.328. The largest absolute Gasteiger partial charge is 0.388 e. The molecule has 0 saturated carbocycles. The number of aliphatic hydroxyl groups is 4. The van der Waals surface area contributed by atoms with Crippen LogP contribution in [0, 0.1) is 0 Å². The first-order chi connectivity index (χ1) is 8.22. The van der Waals surface area contributed by atoms with Crippen LogP contribution in [0.3, 0.4) is 0 Å². The standard InChI is InChI=1S/C8H17NO8S/c1-2-9-18(14,15)17-4-8(13)7(12)6(11)5(10)3-16-8/h5-7,9-13H,2-4H2,1H3/t5-,6-,7+,8?/m1/s1. The molecule has 1 fully saturated rings. The smallest absolute Gasteiger partial charge is 0.336 e. The number of aliphatic hydroxyl groups excluding tert-OH is 3. The van der Waals surface area contributed by atoms with E-state index in [0.29, 0.717) is 0 Å². The van der Waals surface area contributed by atoms with Crippen LogP contribution in [0.1, 0.15) is 6.92 Å². The van der Waals surface area contributed by atoms with Crippen LogP contribution in [0.15, 0.2) is 0 Å². The molecule has 0 radical (unpaired) electrons. The van der Waals surface area contributed by atoms with Crippen molar-refractivity contribution in [2.24, 2.45) is 0 Å². The lowest BCUT2D eigenvalue weighted by atomic mass is 9.98. The van der Waals surface area contributed by atoms with Gasteiger partial charge in [-0.3, -0.25) is 4.18 Å². The van der Waals surface area contributed by atoms with E-state index in [1.165, 1.54) is 6.92 Å². The van der Waals surface area contributed by atoms with Crippen molar-refractivity contribution >= 4 is 10.3 Å². The predicted molar refractivity (Wildman–Crippen MR) is 57.5 cm³/mol. The highest BCUT2D eigenvalue weighted by Crippen LogP contribution is 2.24. The van der Waals surface area contributed by atoms with E-state index in [-0.39, 0.29) is 6.54 Å². The summed E-state index contributed by atoms with van der Waals surface area (Å²) >= 11 is 0. The number of rotatable bonds is 5. The van der Waals surface area contributed by atoms with Crippen LogP contribution in [0.2, 0.25) is 0 Å². The molecule has 10 heteroatoms. The fraction of sp³-hybridized carbons (Fsp3) is 1.00. The Balaban J connectivity index is 2.65. The Labute approximate surface area is 104 Å². The summed E-state index contributed by atoms with van der Waals surface area (Å²) in [5, 5.41) is 37.8. The molecule has 0 spiro atoms. The Morgan fingerprint density at radius 3 is 2.61 bits per heavy atom. The third-order valence-electron chi connectivity index (χ3n) is 2.43. The average molecular weight is 287 g/mol. The number of nitrogens with one attached hydrogen (secondary N) is 1. The quantitative estimate of drug-likeness (QED) is 0.353. The molecule has 5 N–H and O–H groups in total. The van der Waals surface area contributed by atoms with Crippen molar-refractivity contribution in [1.29, 1.82) is 0 Å². The van der Waals surface area contributed by atoms with E-state index in [1.807, 2.05) is 4.72 Å². The van der Waals surface area contributed by atoms with Gasteiger partial charge in [0.1, 0.15) is 24.9 Å². The zero-order valence-corrected chi connectivity index (χ0v) is 10.5. The minimum Gasteiger partial charge on any atom is -0.388 e. The Morgan fingerprint density at radius 1 is 1.44 bits per heavy atom. The van der Waals surface area contributed by atoms with Crippen molar-refractivity contribution in [3.05, 3.63) is 0 Å². The van der Waals surface area contributed by atoms with Gasteiger partial charge in [0.15, 0.2) is 0 Å². The van der Waals surface area contributed by atoms with Gasteiger partial charge in [-0.1, -0.05) is 6.92 Å². The van der Waals surface area contributed by atoms with Gasteiger partial charge in [-0.25, -0.2) is 0 Å². The molecule has 0 amide bonds. The van der Waals surface area contributed by atoms with E-state index < -0.39 is 47.6 Å². The molecule has 0 bridgehead atoms. The highest BCUT2D eigenvalue weighted by Gasteiger charge is 2.49. The molecular formula is C8H17NO8S. The highest BCUT2D eigenvalue weighted by atomic mass is 32.2. The third-order valence-corrected chi connectivity index (χ3v) is 3.50. The van der Waals surface area contributed by atoms with Gasteiger partial charge in [0.2, 0.25) is 5.79 Å². The maximum atomic E-state index is 11.2. The normalized spacial score (nSPS) is 37.7. The third kappa shape index (κ3) is 3.59. The van der Waals surface area contributed by atoms with Crippen LogP contribution in [-0.2, 0) is 19.2 Å². The summed E-state index contributed by atoms with van der Waals surface area (Å²) in [5.74, 6) is -2.40. The molecule has 0 aromatic heterocycles. The Bertz CT molecular complexity index is 373. The van der Waals surface area contributed by atoms with Gasteiger partial charge >= 0.3 is 10.3 Å². The van der Waals surface area contributed by atoms with Gasteiger partial charge in [0, 0.05) is 6.54 Å². The molecule has 0 aromatic carbocycles. The molecule has 18 heavy (non-hydrogen) atoms. The first kappa shape index (κ1) is 15.7. The van der Waals surface area contributed by atoms with Gasteiger partial charge < -0.3 is 25.2 Å². The second-order valence-corrected chi connectivity index (χ2v) is 5.31. The first-order valence-electron chi connectivity index (χ1n) is 5.26. The van der Waals surface area contributed by atoms with Crippen LogP contribution < -0.4 is 4.72 Å². The Hall–Kier alpha value is -0.330. The van der Waals surface area contributed by atoms with Crippen LogP contribution in [0.25, 0.3) is 0 Å². The number of ether oxygens (including phenoxy) is 1. The van der Waals surface area contributed by atoms with Crippen molar-refractivity contribution in [2.45, 2.75) is 31.0 Å². The van der Waals surface area contributed by atoms with E-state index in [1.54, 1.807) is 0 Å². The van der Waals surface area contributed by atoms with Crippen LogP contribution in [0.5, 0.6) is 0 Å². The van der Waals surface area contributed by atoms with Crippen molar-refractivity contribution in [1.82, 2.24) is 4.72 Å². The fourth-order valence-corrected chi connectivity index (χ4v) is 2.16. The Morgan fingerprint density at radius 2 is 2.06 bits per heavy atom. The molecule has 9 nitrogen and oxygen atoms in total. The van der Waals surface area contributed by atoms with Gasteiger partial charge in [-0.05, 0) is 0 Å². The van der Waals surface area contributed by atoms with Gasteiger partial charge in [0.25, 0.3) is 0 Å². The minimum absolute atomic E-state index is 0.0888. The van der Waals surface area contributed by atoms with E-state index in [9.17, 15) is 28.8 Å². The van der Waals surface area contributed by atoms with Crippen molar-refractivity contribution in [2.75, 3.05) is 19.8 Å². The van der Waals surface area contributed by atoms with Gasteiger partial charge in [-0.2, -0.15) is 13.1 Å². The molecule has 108 valence electrons. The second-order valence-electron chi connectivity index (χ2n) is 3.87. The minimum atomic E-state index is -4.07. The second kappa shape index (κ2) is 5.75. The maximum absolute atomic E-state index is 11.2. The van der Waals surface area contributed by atoms with E-state index >= 15 is 0 Å². The lowest BCUT2D eigenvalue weighted by Crippen LogP contribution is -2.63.